The second kappa shape index (κ2) is 14.3. The number of fused-ring (bicyclic) bond motifs is 1. The van der Waals surface area contributed by atoms with Crippen LogP contribution in [0.25, 0.3) is 5.57 Å². The van der Waals surface area contributed by atoms with Gasteiger partial charge < -0.3 is 10.0 Å². The number of anilines is 1. The number of amides is 2. The SMILES string of the molecule is CCCCCN1C(=O)C(=C2SC(=S)N(CCCCCCCCCCC(=O)O)C2=O)c2cc(Br)ccc21. The van der Waals surface area contributed by atoms with Crippen molar-refractivity contribution < 1.29 is 19.5 Å². The number of benzene rings is 1. The van der Waals surface area contributed by atoms with Gasteiger partial charge in [-0.1, -0.05) is 98.2 Å². The Labute approximate surface area is 232 Å². The summed E-state index contributed by atoms with van der Waals surface area (Å²) < 4.78 is 1.40. The highest BCUT2D eigenvalue weighted by Crippen LogP contribution is 2.45. The number of carboxylic acids is 1. The van der Waals surface area contributed by atoms with Crippen LogP contribution in [0, 0.1) is 0 Å². The Balaban J connectivity index is 1.57. The zero-order valence-electron chi connectivity index (χ0n) is 20.9. The topological polar surface area (TPSA) is 77.9 Å². The van der Waals surface area contributed by atoms with Gasteiger partial charge in [-0.05, 0) is 37.5 Å². The molecule has 6 nitrogen and oxygen atoms in total. The second-order valence-corrected chi connectivity index (χ2v) is 11.9. The molecule has 0 aromatic heterocycles. The molecule has 1 aromatic rings. The lowest BCUT2D eigenvalue weighted by Gasteiger charge is -2.17. The van der Waals surface area contributed by atoms with Gasteiger partial charge in [-0.25, -0.2) is 0 Å². The lowest BCUT2D eigenvalue weighted by atomic mass is 10.1. The zero-order valence-corrected chi connectivity index (χ0v) is 24.1. The molecule has 0 radical (unpaired) electrons. The van der Waals surface area contributed by atoms with Crippen LogP contribution in [0.4, 0.5) is 5.69 Å². The van der Waals surface area contributed by atoms with Crippen molar-refractivity contribution in [2.45, 2.75) is 84.0 Å². The molecule has 9 heteroatoms. The molecule has 1 aromatic carbocycles. The highest BCUT2D eigenvalue weighted by molar-refractivity contribution is 9.10. The first-order valence-electron chi connectivity index (χ1n) is 13.0. The van der Waals surface area contributed by atoms with E-state index in [1.165, 1.54) is 11.8 Å². The molecule has 196 valence electrons. The Kier molecular flexibility index (Phi) is 11.5. The fraction of sp³-hybridized carbons (Fsp3) is 0.556. The van der Waals surface area contributed by atoms with E-state index in [0.29, 0.717) is 27.9 Å². The van der Waals surface area contributed by atoms with E-state index >= 15 is 0 Å². The van der Waals surface area contributed by atoms with Crippen LogP contribution in [0.3, 0.4) is 0 Å². The third-order valence-corrected chi connectivity index (χ3v) is 8.50. The normalized spacial score (nSPS) is 17.4. The minimum absolute atomic E-state index is 0.108. The monoisotopic (exact) mass is 594 g/mol. The minimum Gasteiger partial charge on any atom is -0.481 e. The van der Waals surface area contributed by atoms with Gasteiger partial charge in [0.2, 0.25) is 0 Å². The standard InChI is InChI=1S/C27H35BrN2O4S2/c1-2-3-11-16-29-21-15-14-19(28)18-20(21)23(25(29)33)24-26(34)30(27(35)36-24)17-12-9-7-5-4-6-8-10-13-22(31)32/h14-15,18H,2-13,16-17H2,1H3,(H,31,32). The first-order chi connectivity index (χ1) is 17.3. The van der Waals surface area contributed by atoms with Crippen LogP contribution in [-0.2, 0) is 14.4 Å². The van der Waals surface area contributed by atoms with Crippen molar-refractivity contribution >= 4 is 73.3 Å². The lowest BCUT2D eigenvalue weighted by molar-refractivity contribution is -0.137. The van der Waals surface area contributed by atoms with E-state index in [-0.39, 0.29) is 18.2 Å². The van der Waals surface area contributed by atoms with Gasteiger partial charge in [-0.15, -0.1) is 0 Å². The maximum atomic E-state index is 13.5. The molecule has 1 saturated heterocycles. The second-order valence-electron chi connectivity index (χ2n) is 9.33. The molecule has 0 unspecified atom stereocenters. The molecule has 2 heterocycles. The third kappa shape index (κ3) is 7.42. The number of rotatable bonds is 15. The summed E-state index contributed by atoms with van der Waals surface area (Å²) in [5.41, 5.74) is 2.14. The van der Waals surface area contributed by atoms with Gasteiger partial charge in [0.15, 0.2) is 0 Å². The number of carboxylic acid groups (broad SMARTS) is 1. The molecule has 36 heavy (non-hydrogen) atoms. The van der Waals surface area contributed by atoms with Crippen molar-refractivity contribution in [3.05, 3.63) is 33.1 Å². The van der Waals surface area contributed by atoms with Gasteiger partial charge in [0.1, 0.15) is 4.32 Å². The van der Waals surface area contributed by atoms with Crippen molar-refractivity contribution in [2.75, 3.05) is 18.0 Å². The highest BCUT2D eigenvalue weighted by Gasteiger charge is 2.41. The molecule has 0 spiro atoms. The number of carbonyl (C=O) groups excluding carboxylic acids is 2. The number of halogens is 1. The highest BCUT2D eigenvalue weighted by atomic mass is 79.9. The Hall–Kier alpha value is -1.71. The van der Waals surface area contributed by atoms with E-state index in [9.17, 15) is 14.4 Å². The quantitative estimate of drug-likeness (QED) is 0.132. The average molecular weight is 596 g/mol. The first-order valence-corrected chi connectivity index (χ1v) is 15.0. The Morgan fingerprint density at radius 2 is 1.53 bits per heavy atom. The summed E-state index contributed by atoms with van der Waals surface area (Å²) in [7, 11) is 0. The van der Waals surface area contributed by atoms with Crippen molar-refractivity contribution in [3.63, 3.8) is 0 Å². The molecule has 2 aliphatic rings. The summed E-state index contributed by atoms with van der Waals surface area (Å²) in [4.78, 5) is 41.3. The molecular weight excluding hydrogens is 560 g/mol. The fourth-order valence-electron chi connectivity index (χ4n) is 4.61. The molecule has 1 N–H and O–H groups in total. The third-order valence-electron chi connectivity index (χ3n) is 6.56. The predicted molar refractivity (Wildman–Crippen MR) is 154 cm³/mol. The molecular formula is C27H35BrN2O4S2. The van der Waals surface area contributed by atoms with Crippen LogP contribution < -0.4 is 4.90 Å². The van der Waals surface area contributed by atoms with Crippen molar-refractivity contribution in [1.29, 1.82) is 0 Å². The minimum atomic E-state index is -0.722. The Bertz CT molecular complexity index is 1030. The molecule has 1 fully saturated rings. The Morgan fingerprint density at radius 1 is 0.917 bits per heavy atom. The fourth-order valence-corrected chi connectivity index (χ4v) is 6.36. The summed E-state index contributed by atoms with van der Waals surface area (Å²) in [6.45, 7) is 3.35. The molecule has 0 atom stereocenters. The molecule has 0 saturated carbocycles. The molecule has 0 aliphatic carbocycles. The Morgan fingerprint density at radius 3 is 2.19 bits per heavy atom. The van der Waals surface area contributed by atoms with Gasteiger partial charge >= 0.3 is 5.97 Å². The average Bonchev–Trinajstić information content (AvgIpc) is 3.26. The number of aliphatic carboxylic acids is 1. The number of thioether (sulfide) groups is 1. The maximum absolute atomic E-state index is 13.5. The largest absolute Gasteiger partial charge is 0.481 e. The van der Waals surface area contributed by atoms with Gasteiger partial charge in [-0.2, -0.15) is 0 Å². The molecule has 2 amide bonds. The van der Waals surface area contributed by atoms with E-state index in [1.54, 1.807) is 9.80 Å². The van der Waals surface area contributed by atoms with Crippen LogP contribution in [0.5, 0.6) is 0 Å². The summed E-state index contributed by atoms with van der Waals surface area (Å²) in [5.74, 6) is -0.990. The predicted octanol–water partition coefficient (Wildman–Crippen LogP) is 7.15. The molecule has 2 aliphatic heterocycles. The summed E-state index contributed by atoms with van der Waals surface area (Å²) in [5, 5.41) is 8.68. The van der Waals surface area contributed by atoms with Crippen LogP contribution in [0.2, 0.25) is 0 Å². The maximum Gasteiger partial charge on any atom is 0.303 e. The number of hydrogen-bond acceptors (Lipinski definition) is 5. The van der Waals surface area contributed by atoms with E-state index in [1.807, 2.05) is 18.2 Å². The van der Waals surface area contributed by atoms with Gasteiger partial charge in [0.05, 0.1) is 16.2 Å². The van der Waals surface area contributed by atoms with Gasteiger partial charge in [0.25, 0.3) is 11.8 Å². The number of hydrogen-bond donors (Lipinski definition) is 1. The van der Waals surface area contributed by atoms with E-state index in [0.717, 1.165) is 86.4 Å². The van der Waals surface area contributed by atoms with Crippen LogP contribution in [0.15, 0.2) is 27.6 Å². The van der Waals surface area contributed by atoms with Gasteiger partial charge in [0, 0.05) is 29.5 Å². The van der Waals surface area contributed by atoms with E-state index in [2.05, 4.69) is 22.9 Å². The molecule has 0 bridgehead atoms. The lowest BCUT2D eigenvalue weighted by Crippen LogP contribution is -2.30. The number of carbonyl (C=O) groups is 3. The summed E-state index contributed by atoms with van der Waals surface area (Å²) >= 11 is 10.3. The van der Waals surface area contributed by atoms with Crippen molar-refractivity contribution in [3.8, 4) is 0 Å². The van der Waals surface area contributed by atoms with Crippen LogP contribution in [-0.4, -0.2) is 45.2 Å². The number of thiocarbonyl (C=S) groups is 1. The van der Waals surface area contributed by atoms with Crippen LogP contribution in [0.1, 0.15) is 89.5 Å². The van der Waals surface area contributed by atoms with E-state index in [4.69, 9.17) is 17.3 Å². The molecule has 3 rings (SSSR count). The smallest absolute Gasteiger partial charge is 0.303 e. The number of nitrogens with zero attached hydrogens (tertiary/aromatic N) is 2. The van der Waals surface area contributed by atoms with E-state index < -0.39 is 5.97 Å². The van der Waals surface area contributed by atoms with Gasteiger partial charge in [-0.3, -0.25) is 19.3 Å². The number of unbranched alkanes of at least 4 members (excludes halogenated alkanes) is 9. The zero-order chi connectivity index (χ0) is 26.1. The van der Waals surface area contributed by atoms with Crippen molar-refractivity contribution in [1.82, 2.24) is 4.90 Å². The first kappa shape index (κ1) is 28.9. The van der Waals surface area contributed by atoms with Crippen LogP contribution >= 0.6 is 39.9 Å². The summed E-state index contributed by atoms with van der Waals surface area (Å²) in [6.07, 6.45) is 11.3. The van der Waals surface area contributed by atoms with Crippen molar-refractivity contribution in [2.24, 2.45) is 0 Å². The summed E-state index contributed by atoms with van der Waals surface area (Å²) in [6, 6.07) is 5.81.